The van der Waals surface area contributed by atoms with Crippen LogP contribution in [0.1, 0.15) is 181 Å². The van der Waals surface area contributed by atoms with E-state index in [1.807, 2.05) is 0 Å². The first-order valence-electron chi connectivity index (χ1n) is 21.6. The van der Waals surface area contributed by atoms with Crippen LogP contribution in [0.15, 0.2) is 12.2 Å². The van der Waals surface area contributed by atoms with E-state index in [1.54, 1.807) is 0 Å². The minimum Gasteiger partial charge on any atom is -0.394 e. The van der Waals surface area contributed by atoms with Gasteiger partial charge in [-0.15, -0.1) is 0 Å². The molecular formula is C42H81NO10. The fourth-order valence-corrected chi connectivity index (χ4v) is 6.90. The maximum Gasteiger partial charge on any atom is 0.249 e. The van der Waals surface area contributed by atoms with Crippen molar-refractivity contribution in [3.8, 4) is 0 Å². The lowest BCUT2D eigenvalue weighted by atomic mass is 9.98. The number of carbonyl (C=O) groups is 1. The van der Waals surface area contributed by atoms with E-state index in [0.29, 0.717) is 19.3 Å². The van der Waals surface area contributed by atoms with Gasteiger partial charge in [0, 0.05) is 0 Å². The van der Waals surface area contributed by atoms with Crippen LogP contribution in [0.4, 0.5) is 0 Å². The Bertz CT molecular complexity index is 877. The maximum atomic E-state index is 13.0. The van der Waals surface area contributed by atoms with Gasteiger partial charge in [-0.2, -0.15) is 0 Å². The van der Waals surface area contributed by atoms with Crippen molar-refractivity contribution in [2.45, 2.75) is 236 Å². The third kappa shape index (κ3) is 23.5. The first kappa shape index (κ1) is 49.9. The molecule has 0 bridgehead atoms. The summed E-state index contributed by atoms with van der Waals surface area (Å²) in [5.41, 5.74) is 0. The standard InChI is InChI=1S/C42H81NO10/c1-3-5-7-9-10-11-12-13-14-15-16-17-18-19-20-21-22-23-24-26-28-30-35(46)41(51)43-33(37(47)34(45)29-27-25-8-6-4-2)32-52-42-40(50)39(49)38(48)36(31-44)53-42/h18-19,33-40,42,44-50H,3-17,20-32H2,1-2H3,(H,43,51)/b19-18-. The Labute approximate surface area is 322 Å². The number of ether oxygens (including phenoxy) is 2. The van der Waals surface area contributed by atoms with Crippen LogP contribution >= 0.6 is 0 Å². The molecule has 0 aromatic rings. The topological polar surface area (TPSA) is 189 Å². The lowest BCUT2D eigenvalue weighted by molar-refractivity contribution is -0.303. The van der Waals surface area contributed by atoms with Gasteiger partial charge >= 0.3 is 0 Å². The minimum atomic E-state index is -1.66. The minimum absolute atomic E-state index is 0.254. The second kappa shape index (κ2) is 33.0. The van der Waals surface area contributed by atoms with E-state index >= 15 is 0 Å². The summed E-state index contributed by atoms with van der Waals surface area (Å²) < 4.78 is 11.0. The summed E-state index contributed by atoms with van der Waals surface area (Å²) >= 11 is 0. The lowest BCUT2D eigenvalue weighted by Crippen LogP contribution is -2.60. The Balaban J connectivity index is 2.33. The van der Waals surface area contributed by atoms with E-state index in [2.05, 4.69) is 31.3 Å². The Kier molecular flexibility index (Phi) is 31.1. The Hall–Kier alpha value is -1.15. The van der Waals surface area contributed by atoms with E-state index in [1.165, 1.54) is 83.5 Å². The number of unbranched alkanes of at least 4 members (excludes halogenated alkanes) is 21. The van der Waals surface area contributed by atoms with E-state index in [0.717, 1.165) is 57.8 Å². The molecule has 1 aliphatic rings. The molecule has 0 aromatic carbocycles. The molecule has 0 radical (unpaired) electrons. The molecule has 0 aromatic heterocycles. The van der Waals surface area contributed by atoms with Gasteiger partial charge in [-0.05, 0) is 38.5 Å². The summed E-state index contributed by atoms with van der Waals surface area (Å²) in [5, 5.41) is 74.9. The second-order valence-electron chi connectivity index (χ2n) is 15.4. The predicted molar refractivity (Wildman–Crippen MR) is 210 cm³/mol. The Morgan fingerprint density at radius 3 is 1.58 bits per heavy atom. The SMILES string of the molecule is CCCCCCCCCCCCC/C=C\CCCCCCCCC(O)C(=O)NC(COC1OC(CO)C(O)C(O)C1O)C(O)C(O)CCCCCCC. The van der Waals surface area contributed by atoms with Gasteiger partial charge in [0.25, 0.3) is 0 Å². The fourth-order valence-electron chi connectivity index (χ4n) is 6.90. The van der Waals surface area contributed by atoms with Crippen molar-refractivity contribution in [1.82, 2.24) is 5.32 Å². The third-order valence-corrected chi connectivity index (χ3v) is 10.6. The van der Waals surface area contributed by atoms with Crippen LogP contribution in [0.5, 0.6) is 0 Å². The summed E-state index contributed by atoms with van der Waals surface area (Å²) in [6.07, 6.45) is 21.9. The van der Waals surface area contributed by atoms with E-state index in [4.69, 9.17) is 9.47 Å². The molecule has 0 saturated carbocycles. The molecule has 0 spiro atoms. The van der Waals surface area contributed by atoms with Gasteiger partial charge < -0.3 is 50.5 Å². The molecule has 1 fully saturated rings. The van der Waals surface area contributed by atoms with Crippen molar-refractivity contribution in [2.75, 3.05) is 13.2 Å². The second-order valence-corrected chi connectivity index (χ2v) is 15.4. The van der Waals surface area contributed by atoms with Crippen molar-refractivity contribution < 1.29 is 50.0 Å². The van der Waals surface area contributed by atoms with Crippen LogP contribution in [0.3, 0.4) is 0 Å². The Morgan fingerprint density at radius 1 is 0.642 bits per heavy atom. The average Bonchev–Trinajstić information content (AvgIpc) is 3.16. The highest BCUT2D eigenvalue weighted by Gasteiger charge is 2.44. The molecule has 1 heterocycles. The molecule has 53 heavy (non-hydrogen) atoms. The number of rotatable bonds is 35. The molecule has 314 valence electrons. The van der Waals surface area contributed by atoms with Gasteiger partial charge in [0.1, 0.15) is 36.6 Å². The van der Waals surface area contributed by atoms with Crippen LogP contribution in [0, 0.1) is 0 Å². The number of amides is 1. The molecule has 1 aliphatic heterocycles. The zero-order chi connectivity index (χ0) is 39.1. The number of hydrogen-bond acceptors (Lipinski definition) is 10. The molecule has 9 unspecified atom stereocenters. The van der Waals surface area contributed by atoms with Crippen molar-refractivity contribution in [3.63, 3.8) is 0 Å². The van der Waals surface area contributed by atoms with E-state index in [-0.39, 0.29) is 6.42 Å². The summed E-state index contributed by atoms with van der Waals surface area (Å²) in [7, 11) is 0. The van der Waals surface area contributed by atoms with Gasteiger partial charge in [0.05, 0.1) is 25.4 Å². The summed E-state index contributed by atoms with van der Waals surface area (Å²) in [4.78, 5) is 13.0. The molecule has 11 heteroatoms. The molecule has 9 atom stereocenters. The fraction of sp³-hybridized carbons (Fsp3) is 0.929. The predicted octanol–water partition coefficient (Wildman–Crippen LogP) is 6.11. The van der Waals surface area contributed by atoms with Gasteiger partial charge in [-0.25, -0.2) is 0 Å². The molecule has 8 N–H and O–H groups in total. The number of allylic oxidation sites excluding steroid dienone is 2. The number of carbonyl (C=O) groups excluding carboxylic acids is 1. The molecular weight excluding hydrogens is 678 g/mol. The average molecular weight is 760 g/mol. The number of aliphatic hydroxyl groups excluding tert-OH is 7. The van der Waals surface area contributed by atoms with Crippen molar-refractivity contribution in [2.24, 2.45) is 0 Å². The number of aliphatic hydroxyl groups is 7. The van der Waals surface area contributed by atoms with Crippen molar-refractivity contribution in [3.05, 3.63) is 12.2 Å². The monoisotopic (exact) mass is 760 g/mol. The molecule has 1 saturated heterocycles. The normalized spacial score (nSPS) is 22.9. The van der Waals surface area contributed by atoms with Crippen LogP contribution in [-0.4, -0.2) is 110 Å². The van der Waals surface area contributed by atoms with Crippen molar-refractivity contribution in [1.29, 1.82) is 0 Å². The van der Waals surface area contributed by atoms with Gasteiger partial charge in [-0.3, -0.25) is 4.79 Å². The summed E-state index contributed by atoms with van der Waals surface area (Å²) in [5.74, 6) is -0.707. The first-order chi connectivity index (χ1) is 25.7. The van der Waals surface area contributed by atoms with Crippen LogP contribution < -0.4 is 5.32 Å². The quantitative estimate of drug-likeness (QED) is 0.0277. The summed E-state index contributed by atoms with van der Waals surface area (Å²) in [6, 6.07) is -1.16. The highest BCUT2D eigenvalue weighted by atomic mass is 16.7. The van der Waals surface area contributed by atoms with Gasteiger partial charge in [-0.1, -0.05) is 154 Å². The molecule has 11 nitrogen and oxygen atoms in total. The van der Waals surface area contributed by atoms with E-state index in [9.17, 15) is 40.5 Å². The molecule has 1 rings (SSSR count). The maximum absolute atomic E-state index is 13.0. The van der Waals surface area contributed by atoms with E-state index < -0.39 is 74.2 Å². The third-order valence-electron chi connectivity index (χ3n) is 10.6. The number of hydrogen-bond donors (Lipinski definition) is 8. The van der Waals surface area contributed by atoms with Crippen LogP contribution in [-0.2, 0) is 14.3 Å². The smallest absolute Gasteiger partial charge is 0.249 e. The van der Waals surface area contributed by atoms with Gasteiger partial charge in [0.2, 0.25) is 5.91 Å². The Morgan fingerprint density at radius 2 is 1.09 bits per heavy atom. The zero-order valence-corrected chi connectivity index (χ0v) is 33.5. The van der Waals surface area contributed by atoms with Crippen molar-refractivity contribution >= 4 is 5.91 Å². The molecule has 0 aliphatic carbocycles. The zero-order valence-electron chi connectivity index (χ0n) is 33.5. The number of nitrogens with one attached hydrogen (secondary N) is 1. The highest BCUT2D eigenvalue weighted by Crippen LogP contribution is 2.23. The van der Waals surface area contributed by atoms with Crippen LogP contribution in [0.25, 0.3) is 0 Å². The largest absolute Gasteiger partial charge is 0.394 e. The lowest BCUT2D eigenvalue weighted by Gasteiger charge is -2.40. The highest BCUT2D eigenvalue weighted by molar-refractivity contribution is 5.80. The van der Waals surface area contributed by atoms with Crippen LogP contribution in [0.2, 0.25) is 0 Å². The van der Waals surface area contributed by atoms with Gasteiger partial charge in [0.15, 0.2) is 6.29 Å². The molecule has 1 amide bonds. The summed E-state index contributed by atoms with van der Waals surface area (Å²) in [6.45, 7) is 3.32. The first-order valence-corrected chi connectivity index (χ1v) is 21.6.